The zero-order valence-electron chi connectivity index (χ0n) is 16.9. The molecule has 8 heteroatoms. The molecule has 1 aliphatic heterocycles. The molecular formula is C22H26F2N4O2. The molecule has 0 aromatic heterocycles. The summed E-state index contributed by atoms with van der Waals surface area (Å²) in [6.45, 7) is 1.25. The third-order valence-electron chi connectivity index (χ3n) is 4.72. The number of halogens is 2. The van der Waals surface area contributed by atoms with Gasteiger partial charge in [-0.2, -0.15) is 8.78 Å². The number of benzene rings is 2. The van der Waals surface area contributed by atoms with Crippen LogP contribution in [-0.4, -0.2) is 31.6 Å². The summed E-state index contributed by atoms with van der Waals surface area (Å²) in [5, 5.41) is 6.29. The van der Waals surface area contributed by atoms with Gasteiger partial charge in [0.2, 0.25) is 5.91 Å². The fraction of sp³-hybridized carbons (Fsp3) is 0.364. The number of nitrogens with zero attached hydrogens (tertiary/aromatic N) is 2. The number of rotatable bonds is 8. The number of amides is 1. The summed E-state index contributed by atoms with van der Waals surface area (Å²) in [7, 11) is 0. The molecule has 2 aromatic carbocycles. The number of nitrogens with one attached hydrogen (secondary N) is 2. The van der Waals surface area contributed by atoms with Crippen LogP contribution >= 0.6 is 0 Å². The summed E-state index contributed by atoms with van der Waals surface area (Å²) < 4.78 is 29.7. The van der Waals surface area contributed by atoms with Crippen molar-refractivity contribution >= 4 is 17.6 Å². The highest BCUT2D eigenvalue weighted by Crippen LogP contribution is 2.22. The SMILES string of the molecule is CCNC(=NCc1ccc(N2CCCC2=O)cc1)NCc1ccccc1OC(F)F. The Morgan fingerprint density at radius 2 is 1.93 bits per heavy atom. The fourth-order valence-electron chi connectivity index (χ4n) is 3.25. The van der Waals surface area contributed by atoms with Crippen molar-refractivity contribution in [3.63, 3.8) is 0 Å². The highest BCUT2D eigenvalue weighted by molar-refractivity contribution is 5.95. The van der Waals surface area contributed by atoms with E-state index in [4.69, 9.17) is 0 Å². The second-order valence-corrected chi connectivity index (χ2v) is 6.85. The highest BCUT2D eigenvalue weighted by Gasteiger charge is 2.21. The first-order valence-corrected chi connectivity index (χ1v) is 10.0. The Labute approximate surface area is 174 Å². The van der Waals surface area contributed by atoms with Crippen LogP contribution in [0.2, 0.25) is 0 Å². The number of hydrogen-bond donors (Lipinski definition) is 2. The molecule has 0 bridgehead atoms. The van der Waals surface area contributed by atoms with E-state index in [1.807, 2.05) is 31.2 Å². The quantitative estimate of drug-likeness (QED) is 0.509. The largest absolute Gasteiger partial charge is 0.434 e. The number of para-hydroxylation sites is 1. The summed E-state index contributed by atoms with van der Waals surface area (Å²) in [6, 6.07) is 14.5. The predicted octanol–water partition coefficient (Wildman–Crippen LogP) is 3.67. The average Bonchev–Trinajstić information content (AvgIpc) is 3.17. The Bertz CT molecular complexity index is 872. The Morgan fingerprint density at radius 3 is 2.60 bits per heavy atom. The van der Waals surface area contributed by atoms with Gasteiger partial charge in [-0.15, -0.1) is 0 Å². The fourth-order valence-corrected chi connectivity index (χ4v) is 3.25. The third-order valence-corrected chi connectivity index (χ3v) is 4.72. The van der Waals surface area contributed by atoms with Gasteiger partial charge in [-0.3, -0.25) is 4.79 Å². The zero-order valence-corrected chi connectivity index (χ0v) is 16.9. The number of guanidine groups is 1. The lowest BCUT2D eigenvalue weighted by atomic mass is 10.2. The maximum absolute atomic E-state index is 12.6. The molecule has 0 unspecified atom stereocenters. The van der Waals surface area contributed by atoms with E-state index in [1.54, 1.807) is 23.1 Å². The molecule has 0 spiro atoms. The van der Waals surface area contributed by atoms with Gasteiger partial charge < -0.3 is 20.3 Å². The van der Waals surface area contributed by atoms with Crippen molar-refractivity contribution in [1.82, 2.24) is 10.6 Å². The minimum atomic E-state index is -2.87. The first kappa shape index (κ1) is 21.5. The van der Waals surface area contributed by atoms with E-state index in [2.05, 4.69) is 20.4 Å². The van der Waals surface area contributed by atoms with Gasteiger partial charge in [-0.1, -0.05) is 30.3 Å². The minimum Gasteiger partial charge on any atom is -0.434 e. The van der Waals surface area contributed by atoms with Gasteiger partial charge in [0.15, 0.2) is 5.96 Å². The van der Waals surface area contributed by atoms with Crippen molar-refractivity contribution < 1.29 is 18.3 Å². The molecule has 0 radical (unpaired) electrons. The molecule has 2 N–H and O–H groups in total. The highest BCUT2D eigenvalue weighted by atomic mass is 19.3. The third kappa shape index (κ3) is 5.92. The predicted molar refractivity (Wildman–Crippen MR) is 113 cm³/mol. The normalized spacial score (nSPS) is 14.3. The van der Waals surface area contributed by atoms with Gasteiger partial charge in [-0.25, -0.2) is 4.99 Å². The first-order valence-electron chi connectivity index (χ1n) is 10.0. The number of aliphatic imine (C=N–C) groups is 1. The zero-order chi connectivity index (χ0) is 21.3. The van der Waals surface area contributed by atoms with Crippen LogP contribution in [0.25, 0.3) is 0 Å². The molecule has 3 rings (SSSR count). The molecule has 6 nitrogen and oxygen atoms in total. The number of anilines is 1. The van der Waals surface area contributed by atoms with Crippen LogP contribution in [0.3, 0.4) is 0 Å². The van der Waals surface area contributed by atoms with Crippen molar-refractivity contribution in [1.29, 1.82) is 0 Å². The van der Waals surface area contributed by atoms with E-state index in [1.165, 1.54) is 6.07 Å². The van der Waals surface area contributed by atoms with Gasteiger partial charge in [-0.05, 0) is 37.1 Å². The number of carbonyl (C=O) groups is 1. The second-order valence-electron chi connectivity index (χ2n) is 6.85. The van der Waals surface area contributed by atoms with Gasteiger partial charge >= 0.3 is 6.61 Å². The van der Waals surface area contributed by atoms with Crippen LogP contribution in [0.15, 0.2) is 53.5 Å². The van der Waals surface area contributed by atoms with Crippen molar-refractivity contribution in [2.75, 3.05) is 18.0 Å². The summed E-state index contributed by atoms with van der Waals surface area (Å²) in [4.78, 5) is 18.2. The molecule has 1 saturated heterocycles. The maximum atomic E-state index is 12.6. The molecular weight excluding hydrogens is 390 g/mol. The van der Waals surface area contributed by atoms with Crippen LogP contribution in [0.1, 0.15) is 30.9 Å². The number of alkyl halides is 2. The van der Waals surface area contributed by atoms with E-state index in [0.717, 1.165) is 24.2 Å². The van der Waals surface area contributed by atoms with Gasteiger partial charge in [0, 0.05) is 37.3 Å². The monoisotopic (exact) mass is 416 g/mol. The van der Waals surface area contributed by atoms with Crippen LogP contribution in [-0.2, 0) is 17.9 Å². The molecule has 0 atom stereocenters. The van der Waals surface area contributed by atoms with Crippen molar-refractivity contribution in [2.24, 2.45) is 4.99 Å². The van der Waals surface area contributed by atoms with Gasteiger partial charge in [0.05, 0.1) is 6.54 Å². The summed E-state index contributed by atoms with van der Waals surface area (Å²) in [5.74, 6) is 0.876. The molecule has 2 aromatic rings. The Hall–Kier alpha value is -3.16. The Morgan fingerprint density at radius 1 is 1.17 bits per heavy atom. The van der Waals surface area contributed by atoms with E-state index < -0.39 is 6.61 Å². The van der Waals surface area contributed by atoms with Crippen molar-refractivity contribution in [3.8, 4) is 5.75 Å². The lowest BCUT2D eigenvalue weighted by Gasteiger charge is -2.16. The van der Waals surface area contributed by atoms with Crippen LogP contribution < -0.4 is 20.3 Å². The second kappa shape index (κ2) is 10.6. The summed E-state index contributed by atoms with van der Waals surface area (Å²) >= 11 is 0. The molecule has 0 aliphatic carbocycles. The number of hydrogen-bond acceptors (Lipinski definition) is 3. The van der Waals surface area contributed by atoms with E-state index in [9.17, 15) is 13.6 Å². The molecule has 30 heavy (non-hydrogen) atoms. The smallest absolute Gasteiger partial charge is 0.387 e. The average molecular weight is 416 g/mol. The standard InChI is InChI=1S/C22H26F2N4O2/c1-2-25-22(27-15-17-6-3-4-7-19(17)30-21(23)24)26-14-16-9-11-18(12-10-16)28-13-5-8-20(28)29/h3-4,6-7,9-12,21H,2,5,8,13-15H2,1H3,(H2,25,26,27). The van der Waals surface area contributed by atoms with E-state index >= 15 is 0 Å². The molecule has 160 valence electrons. The van der Waals surface area contributed by atoms with Crippen molar-refractivity contribution in [2.45, 2.75) is 39.5 Å². The number of ether oxygens (including phenoxy) is 1. The van der Waals surface area contributed by atoms with Crippen LogP contribution in [0.4, 0.5) is 14.5 Å². The van der Waals surface area contributed by atoms with Crippen LogP contribution in [0.5, 0.6) is 5.75 Å². The summed E-state index contributed by atoms with van der Waals surface area (Å²) in [5.41, 5.74) is 2.53. The first-order chi connectivity index (χ1) is 14.6. The number of carbonyl (C=O) groups excluding carboxylic acids is 1. The Kier molecular flexibility index (Phi) is 7.59. The van der Waals surface area contributed by atoms with E-state index in [-0.39, 0.29) is 11.7 Å². The molecule has 0 saturated carbocycles. The topological polar surface area (TPSA) is 66.0 Å². The minimum absolute atomic E-state index is 0.142. The molecule has 1 amide bonds. The Balaban J connectivity index is 1.61. The van der Waals surface area contributed by atoms with Gasteiger partial charge in [0.1, 0.15) is 5.75 Å². The lowest BCUT2D eigenvalue weighted by Crippen LogP contribution is -2.36. The van der Waals surface area contributed by atoms with E-state index in [0.29, 0.717) is 37.6 Å². The van der Waals surface area contributed by atoms with Gasteiger partial charge in [0.25, 0.3) is 0 Å². The summed E-state index contributed by atoms with van der Waals surface area (Å²) in [6.07, 6.45) is 1.50. The lowest BCUT2D eigenvalue weighted by molar-refractivity contribution is -0.117. The maximum Gasteiger partial charge on any atom is 0.387 e. The van der Waals surface area contributed by atoms with Crippen molar-refractivity contribution in [3.05, 3.63) is 59.7 Å². The molecule has 1 heterocycles. The van der Waals surface area contributed by atoms with Crippen LogP contribution in [0, 0.1) is 0 Å². The molecule has 1 fully saturated rings. The molecule has 1 aliphatic rings.